The van der Waals surface area contributed by atoms with E-state index in [2.05, 4.69) is 10.5 Å². The van der Waals surface area contributed by atoms with Gasteiger partial charge >= 0.3 is 0 Å². The van der Waals surface area contributed by atoms with E-state index < -0.39 is 10.0 Å². The summed E-state index contributed by atoms with van der Waals surface area (Å²) in [7, 11) is -2.41. The number of hydrogen-bond donors (Lipinski definition) is 1. The number of methoxy groups -OCH3 is 1. The van der Waals surface area contributed by atoms with Crippen LogP contribution >= 0.6 is 11.6 Å². The minimum absolute atomic E-state index is 0.00466. The number of anilines is 3. The first-order valence-electron chi connectivity index (χ1n) is 12.6. The van der Waals surface area contributed by atoms with Crippen LogP contribution in [0, 0.1) is 6.92 Å². The van der Waals surface area contributed by atoms with Gasteiger partial charge in [0.25, 0.3) is 10.0 Å². The van der Waals surface area contributed by atoms with E-state index in [1.54, 1.807) is 43.5 Å². The van der Waals surface area contributed by atoms with Crippen LogP contribution in [-0.2, 0) is 16.6 Å². The molecule has 0 aliphatic heterocycles. The molecule has 4 aromatic carbocycles. The molecule has 0 spiro atoms. The minimum atomic E-state index is -4.00. The van der Waals surface area contributed by atoms with Crippen LogP contribution in [0.25, 0.3) is 11.1 Å². The lowest BCUT2D eigenvalue weighted by Crippen LogP contribution is -2.30. The molecule has 0 bridgehead atoms. The Labute approximate surface area is 243 Å². The molecule has 5 rings (SSSR count). The molecule has 208 valence electrons. The third kappa shape index (κ3) is 6.11. The maximum atomic E-state index is 13.7. The number of nitrogens with one attached hydrogen (secondary N) is 1. The van der Waals surface area contributed by atoms with Crippen LogP contribution in [0.15, 0.2) is 107 Å². The van der Waals surface area contributed by atoms with Gasteiger partial charge in [0.15, 0.2) is 5.82 Å². The molecule has 0 unspecified atom stereocenters. The molecule has 41 heavy (non-hydrogen) atoms. The molecule has 5 aromatic rings. The van der Waals surface area contributed by atoms with E-state index in [1.807, 2.05) is 43.3 Å². The summed E-state index contributed by atoms with van der Waals surface area (Å²) in [5, 5.41) is 7.86. The third-order valence-electron chi connectivity index (χ3n) is 6.54. The number of aryl methyl sites for hydroxylation is 1. The Morgan fingerprint density at radius 1 is 0.951 bits per heavy atom. The Morgan fingerprint density at radius 2 is 1.66 bits per heavy atom. The van der Waals surface area contributed by atoms with E-state index in [0.29, 0.717) is 27.6 Å². The SMILES string of the molecule is COc1cc(-c2ccc(Cl)c(C)c2)ccc1Nc1ccc(S(=O)(=O)N(Cc2ccc(C=O)cc2)c2ccon2)cc1. The highest BCUT2D eigenvalue weighted by molar-refractivity contribution is 7.92. The summed E-state index contributed by atoms with van der Waals surface area (Å²) in [5.74, 6) is 0.775. The van der Waals surface area contributed by atoms with Crippen molar-refractivity contribution in [1.82, 2.24) is 5.16 Å². The van der Waals surface area contributed by atoms with Gasteiger partial charge in [-0.15, -0.1) is 0 Å². The van der Waals surface area contributed by atoms with E-state index >= 15 is 0 Å². The first-order chi connectivity index (χ1) is 19.8. The van der Waals surface area contributed by atoms with Crippen molar-refractivity contribution in [3.63, 3.8) is 0 Å². The van der Waals surface area contributed by atoms with Crippen LogP contribution in [0.2, 0.25) is 5.02 Å². The number of nitrogens with zero attached hydrogens (tertiary/aromatic N) is 2. The molecular formula is C31H26ClN3O5S. The molecule has 1 aromatic heterocycles. The Kier molecular flexibility index (Phi) is 8.09. The molecule has 0 saturated heterocycles. The number of benzene rings is 4. The van der Waals surface area contributed by atoms with Crippen LogP contribution in [0.5, 0.6) is 5.75 Å². The number of ether oxygens (including phenoxy) is 1. The molecule has 1 heterocycles. The highest BCUT2D eigenvalue weighted by Crippen LogP contribution is 2.34. The average molecular weight is 588 g/mol. The molecule has 0 saturated carbocycles. The summed E-state index contributed by atoms with van der Waals surface area (Å²) < 4.78 is 39.1. The van der Waals surface area contributed by atoms with Crippen LogP contribution in [-0.4, -0.2) is 27.0 Å². The number of aldehydes is 1. The molecule has 0 amide bonds. The maximum absolute atomic E-state index is 13.7. The predicted octanol–water partition coefficient (Wildman–Crippen LogP) is 7.26. The van der Waals surface area contributed by atoms with Crippen molar-refractivity contribution in [3.05, 3.63) is 119 Å². The molecule has 0 aliphatic rings. The number of rotatable bonds is 10. The van der Waals surface area contributed by atoms with Gasteiger partial charge in [-0.05, 0) is 77.7 Å². The number of carbonyl (C=O) groups excluding carboxylic acids is 1. The second kappa shape index (κ2) is 11.9. The van der Waals surface area contributed by atoms with Gasteiger partial charge in [-0.3, -0.25) is 4.79 Å². The van der Waals surface area contributed by atoms with Crippen molar-refractivity contribution in [1.29, 1.82) is 0 Å². The summed E-state index contributed by atoms with van der Waals surface area (Å²) in [6.45, 7) is 1.96. The standard InChI is InChI=1S/C31H26ClN3O5S/c1-21-17-24(7-13-28(21)32)25-8-14-29(30(18-25)39-2)33-26-9-11-27(12-10-26)41(37,38)35(31-15-16-40-34-31)19-22-3-5-23(20-36)6-4-22/h3-18,20,33H,19H2,1-2H3. The quantitative estimate of drug-likeness (QED) is 0.171. The monoisotopic (exact) mass is 587 g/mol. The van der Waals surface area contributed by atoms with Crippen molar-refractivity contribution >= 4 is 45.1 Å². The van der Waals surface area contributed by atoms with Gasteiger partial charge in [-0.2, -0.15) is 0 Å². The van der Waals surface area contributed by atoms with E-state index in [-0.39, 0.29) is 17.3 Å². The van der Waals surface area contributed by atoms with Gasteiger partial charge < -0.3 is 14.6 Å². The maximum Gasteiger partial charge on any atom is 0.265 e. The van der Waals surface area contributed by atoms with E-state index in [1.165, 1.54) is 24.5 Å². The smallest absolute Gasteiger partial charge is 0.265 e. The largest absolute Gasteiger partial charge is 0.495 e. The Bertz CT molecular complexity index is 1770. The normalized spacial score (nSPS) is 11.2. The van der Waals surface area contributed by atoms with Gasteiger partial charge in [0.05, 0.1) is 24.2 Å². The van der Waals surface area contributed by atoms with Gasteiger partial charge in [0, 0.05) is 22.3 Å². The van der Waals surface area contributed by atoms with Crippen LogP contribution < -0.4 is 14.4 Å². The summed E-state index contributed by atoms with van der Waals surface area (Å²) in [5.41, 5.74) is 5.56. The molecule has 0 aliphatic carbocycles. The first-order valence-corrected chi connectivity index (χ1v) is 14.4. The zero-order valence-corrected chi connectivity index (χ0v) is 23.8. The molecule has 0 fully saturated rings. The van der Waals surface area contributed by atoms with Crippen molar-refractivity contribution in [2.45, 2.75) is 18.4 Å². The highest BCUT2D eigenvalue weighted by Gasteiger charge is 2.27. The zero-order valence-electron chi connectivity index (χ0n) is 22.2. The summed E-state index contributed by atoms with van der Waals surface area (Å²) in [6, 6.07) is 26.2. The number of hydrogen-bond acceptors (Lipinski definition) is 7. The summed E-state index contributed by atoms with van der Waals surface area (Å²) in [6.07, 6.45) is 2.04. The van der Waals surface area contributed by atoms with Gasteiger partial charge in [0.1, 0.15) is 18.3 Å². The topological polar surface area (TPSA) is 102 Å². The van der Waals surface area contributed by atoms with Crippen LogP contribution in [0.1, 0.15) is 21.5 Å². The molecule has 8 nitrogen and oxygen atoms in total. The van der Waals surface area contributed by atoms with Crippen molar-refractivity contribution in [3.8, 4) is 16.9 Å². The molecule has 0 radical (unpaired) electrons. The summed E-state index contributed by atoms with van der Waals surface area (Å²) >= 11 is 6.18. The molecule has 10 heteroatoms. The minimum Gasteiger partial charge on any atom is -0.495 e. The Balaban J connectivity index is 1.38. The van der Waals surface area contributed by atoms with Crippen molar-refractivity contribution in [2.75, 3.05) is 16.7 Å². The first kappa shape index (κ1) is 27.9. The Hall–Kier alpha value is -4.60. The van der Waals surface area contributed by atoms with Gasteiger partial charge in [-0.25, -0.2) is 12.7 Å². The molecule has 1 N–H and O–H groups in total. The second-order valence-corrected chi connectivity index (χ2v) is 11.5. The number of halogens is 1. The molecule has 0 atom stereocenters. The average Bonchev–Trinajstić information content (AvgIpc) is 3.52. The predicted molar refractivity (Wildman–Crippen MR) is 160 cm³/mol. The van der Waals surface area contributed by atoms with Gasteiger partial charge in [0.2, 0.25) is 0 Å². The molecular weight excluding hydrogens is 562 g/mol. The lowest BCUT2D eigenvalue weighted by Gasteiger charge is -2.22. The van der Waals surface area contributed by atoms with E-state index in [4.69, 9.17) is 20.9 Å². The van der Waals surface area contributed by atoms with Crippen LogP contribution in [0.3, 0.4) is 0 Å². The highest BCUT2D eigenvalue weighted by atomic mass is 35.5. The van der Waals surface area contributed by atoms with Crippen molar-refractivity contribution < 1.29 is 22.5 Å². The fourth-order valence-corrected chi connectivity index (χ4v) is 5.79. The number of carbonyl (C=O) groups is 1. The second-order valence-electron chi connectivity index (χ2n) is 9.26. The van der Waals surface area contributed by atoms with E-state index in [9.17, 15) is 13.2 Å². The number of aromatic nitrogens is 1. The van der Waals surface area contributed by atoms with Crippen LogP contribution in [0.4, 0.5) is 17.2 Å². The van der Waals surface area contributed by atoms with Crippen molar-refractivity contribution in [2.24, 2.45) is 0 Å². The van der Waals surface area contributed by atoms with Gasteiger partial charge in [-0.1, -0.05) is 53.2 Å². The third-order valence-corrected chi connectivity index (χ3v) is 8.72. The Morgan fingerprint density at radius 3 is 2.29 bits per heavy atom. The fourth-order valence-electron chi connectivity index (χ4n) is 4.28. The lowest BCUT2D eigenvalue weighted by atomic mass is 10.0. The summed E-state index contributed by atoms with van der Waals surface area (Å²) in [4.78, 5) is 11.1. The van der Waals surface area contributed by atoms with E-state index in [0.717, 1.165) is 33.0 Å². The lowest BCUT2D eigenvalue weighted by molar-refractivity contribution is 0.112. The number of sulfonamides is 1. The zero-order chi connectivity index (χ0) is 29.0. The fraction of sp³-hybridized carbons (Fsp3) is 0.0968.